The minimum absolute atomic E-state index is 0.148. The molecule has 3 amide bonds. The van der Waals surface area contributed by atoms with Gasteiger partial charge in [0.15, 0.2) is 0 Å². The molecular formula is C27H26N2O5. The van der Waals surface area contributed by atoms with Crippen LogP contribution in [0.4, 0.5) is 5.69 Å². The number of allylic oxidation sites excluding steroid dienone is 2. The number of likely N-dealkylation sites (tertiary alicyclic amines) is 1. The van der Waals surface area contributed by atoms with Crippen molar-refractivity contribution in [2.75, 3.05) is 12.4 Å². The number of nitrogens with one attached hydrogen (secondary N) is 1. The van der Waals surface area contributed by atoms with Gasteiger partial charge in [0.2, 0.25) is 17.7 Å². The second-order valence-corrected chi connectivity index (χ2v) is 9.67. The highest BCUT2D eigenvalue weighted by atomic mass is 16.5. The SMILES string of the molecule is COc1ccc(Oc2ccc(NC(=O)[C@H](C)N3C(=O)[C@H]4[C@@H]5C=C[C@H]([C@@H]6C[C@H]56)[C@@H]4C3=O)cc2)cc1. The van der Waals surface area contributed by atoms with Crippen molar-refractivity contribution in [2.24, 2.45) is 35.5 Å². The summed E-state index contributed by atoms with van der Waals surface area (Å²) >= 11 is 0. The van der Waals surface area contributed by atoms with Gasteiger partial charge in [-0.15, -0.1) is 0 Å². The fourth-order valence-electron chi connectivity index (χ4n) is 6.11. The number of hydrogen-bond donors (Lipinski definition) is 1. The molecule has 0 radical (unpaired) electrons. The Hall–Kier alpha value is -3.61. The first kappa shape index (κ1) is 21.0. The van der Waals surface area contributed by atoms with Gasteiger partial charge < -0.3 is 14.8 Å². The molecule has 7 heteroatoms. The predicted octanol–water partition coefficient (Wildman–Crippen LogP) is 3.87. The van der Waals surface area contributed by atoms with E-state index in [1.807, 2.05) is 24.3 Å². The highest BCUT2D eigenvalue weighted by Gasteiger charge is 2.67. The van der Waals surface area contributed by atoms with Crippen LogP contribution in [0.3, 0.4) is 0 Å². The smallest absolute Gasteiger partial charge is 0.247 e. The summed E-state index contributed by atoms with van der Waals surface area (Å²) in [6.45, 7) is 1.62. The van der Waals surface area contributed by atoms with Gasteiger partial charge in [-0.25, -0.2) is 0 Å². The Kier molecular flexibility index (Phi) is 4.76. The lowest BCUT2D eigenvalue weighted by atomic mass is 9.63. The molecule has 4 aliphatic carbocycles. The van der Waals surface area contributed by atoms with E-state index in [9.17, 15) is 14.4 Å². The average molecular weight is 459 g/mol. The zero-order chi connectivity index (χ0) is 23.6. The van der Waals surface area contributed by atoms with E-state index in [4.69, 9.17) is 9.47 Å². The van der Waals surface area contributed by atoms with E-state index in [-0.39, 0.29) is 41.4 Å². The molecule has 7 atom stereocenters. The number of carbonyl (C=O) groups is 3. The molecule has 5 aliphatic rings. The van der Waals surface area contributed by atoms with E-state index in [1.165, 1.54) is 4.90 Å². The molecule has 2 bridgehead atoms. The first-order chi connectivity index (χ1) is 16.5. The van der Waals surface area contributed by atoms with Crippen LogP contribution in [-0.2, 0) is 14.4 Å². The molecule has 2 aromatic carbocycles. The fourth-order valence-corrected chi connectivity index (χ4v) is 6.11. The number of carbonyl (C=O) groups excluding carboxylic acids is 3. The molecule has 34 heavy (non-hydrogen) atoms. The number of rotatable bonds is 6. The minimum Gasteiger partial charge on any atom is -0.497 e. The van der Waals surface area contributed by atoms with Crippen molar-refractivity contribution >= 4 is 23.4 Å². The van der Waals surface area contributed by atoms with E-state index in [0.29, 0.717) is 29.0 Å². The highest BCUT2D eigenvalue weighted by Crippen LogP contribution is 2.65. The summed E-state index contributed by atoms with van der Waals surface area (Å²) < 4.78 is 11.0. The van der Waals surface area contributed by atoms with Crippen LogP contribution >= 0.6 is 0 Å². The first-order valence-corrected chi connectivity index (χ1v) is 11.7. The van der Waals surface area contributed by atoms with Crippen molar-refractivity contribution in [2.45, 2.75) is 19.4 Å². The van der Waals surface area contributed by atoms with E-state index in [0.717, 1.165) is 12.2 Å². The quantitative estimate of drug-likeness (QED) is 0.525. The van der Waals surface area contributed by atoms with Gasteiger partial charge in [0.1, 0.15) is 23.3 Å². The third kappa shape index (κ3) is 3.22. The molecule has 1 aliphatic heterocycles. The van der Waals surface area contributed by atoms with Crippen molar-refractivity contribution in [1.82, 2.24) is 4.90 Å². The van der Waals surface area contributed by atoms with Crippen LogP contribution in [-0.4, -0.2) is 35.8 Å². The molecule has 2 aromatic rings. The number of anilines is 1. The zero-order valence-electron chi connectivity index (χ0n) is 19.0. The lowest BCUT2D eigenvalue weighted by molar-refractivity contribution is -0.146. The van der Waals surface area contributed by atoms with Crippen LogP contribution in [0, 0.1) is 35.5 Å². The topological polar surface area (TPSA) is 84.9 Å². The summed E-state index contributed by atoms with van der Waals surface area (Å²) in [5, 5.41) is 2.83. The van der Waals surface area contributed by atoms with E-state index >= 15 is 0 Å². The molecule has 1 heterocycles. The van der Waals surface area contributed by atoms with E-state index < -0.39 is 6.04 Å². The first-order valence-electron chi connectivity index (χ1n) is 11.7. The number of hydrogen-bond acceptors (Lipinski definition) is 5. The lowest BCUT2D eigenvalue weighted by Crippen LogP contribution is -2.46. The number of nitrogens with zero attached hydrogens (tertiary/aromatic N) is 1. The van der Waals surface area contributed by atoms with Crippen molar-refractivity contribution in [3.05, 3.63) is 60.7 Å². The molecule has 1 N–H and O–H groups in total. The number of benzene rings is 2. The van der Waals surface area contributed by atoms with Crippen LogP contribution in [0.2, 0.25) is 0 Å². The Morgan fingerprint density at radius 3 is 1.91 bits per heavy atom. The van der Waals surface area contributed by atoms with Crippen LogP contribution in [0.15, 0.2) is 60.7 Å². The maximum Gasteiger partial charge on any atom is 0.247 e. The van der Waals surface area contributed by atoms with E-state index in [2.05, 4.69) is 17.5 Å². The summed E-state index contributed by atoms with van der Waals surface area (Å²) in [7, 11) is 1.61. The van der Waals surface area contributed by atoms with Crippen molar-refractivity contribution < 1.29 is 23.9 Å². The number of amides is 3. The molecule has 2 saturated carbocycles. The number of ether oxygens (including phenoxy) is 2. The van der Waals surface area contributed by atoms with Gasteiger partial charge in [-0.2, -0.15) is 0 Å². The van der Waals surface area contributed by atoms with Gasteiger partial charge >= 0.3 is 0 Å². The fraction of sp³-hybridized carbons (Fsp3) is 0.370. The Balaban J connectivity index is 1.11. The predicted molar refractivity (Wildman–Crippen MR) is 124 cm³/mol. The lowest BCUT2D eigenvalue weighted by Gasteiger charge is -2.37. The summed E-state index contributed by atoms with van der Waals surface area (Å²) in [6.07, 6.45) is 5.38. The Morgan fingerprint density at radius 1 is 0.882 bits per heavy atom. The van der Waals surface area contributed by atoms with Gasteiger partial charge in [-0.05, 0) is 85.5 Å². The van der Waals surface area contributed by atoms with Gasteiger partial charge in [0.05, 0.1) is 18.9 Å². The largest absolute Gasteiger partial charge is 0.497 e. The standard InChI is InChI=1S/C27H26N2O5/c1-14(29-26(31)23-19-11-12-20(22-13-21(19)22)24(23)27(29)32)25(30)28-15-3-5-17(6-4-15)34-18-9-7-16(33-2)8-10-18/h3-12,14,19-24H,13H2,1-2H3,(H,28,30)/t14-,19+,20+,21-,22+,23-,24-/m0/s1. The Bertz CT molecular complexity index is 1150. The molecule has 0 unspecified atom stereocenters. The van der Waals surface area contributed by atoms with Crippen LogP contribution in [0.5, 0.6) is 17.2 Å². The van der Waals surface area contributed by atoms with Gasteiger partial charge in [0, 0.05) is 5.69 Å². The van der Waals surface area contributed by atoms with Crippen LogP contribution in [0.1, 0.15) is 13.3 Å². The van der Waals surface area contributed by atoms with Crippen LogP contribution < -0.4 is 14.8 Å². The second-order valence-electron chi connectivity index (χ2n) is 9.67. The van der Waals surface area contributed by atoms with Crippen LogP contribution in [0.25, 0.3) is 0 Å². The Labute approximate surface area is 197 Å². The maximum atomic E-state index is 13.2. The Morgan fingerprint density at radius 2 is 1.38 bits per heavy atom. The zero-order valence-corrected chi connectivity index (χ0v) is 19.0. The molecule has 174 valence electrons. The van der Waals surface area contributed by atoms with Gasteiger partial charge in [-0.3, -0.25) is 19.3 Å². The maximum absolute atomic E-state index is 13.2. The van der Waals surface area contributed by atoms with Crippen molar-refractivity contribution in [3.8, 4) is 17.2 Å². The summed E-state index contributed by atoms with van der Waals surface area (Å²) in [6, 6.07) is 13.3. The minimum atomic E-state index is -0.864. The van der Waals surface area contributed by atoms with Crippen molar-refractivity contribution in [3.63, 3.8) is 0 Å². The molecule has 0 aromatic heterocycles. The summed E-state index contributed by atoms with van der Waals surface area (Å²) in [5.74, 6) is 2.05. The van der Waals surface area contributed by atoms with E-state index in [1.54, 1.807) is 38.3 Å². The third-order valence-corrected chi connectivity index (χ3v) is 7.88. The molecule has 0 spiro atoms. The van der Waals surface area contributed by atoms with Crippen molar-refractivity contribution in [1.29, 1.82) is 0 Å². The second kappa shape index (κ2) is 7.72. The average Bonchev–Trinajstić information content (AvgIpc) is 3.63. The molecular weight excluding hydrogens is 432 g/mol. The normalized spacial score (nSPS) is 31.1. The summed E-state index contributed by atoms with van der Waals surface area (Å²) in [4.78, 5) is 40.6. The molecule has 7 nitrogen and oxygen atoms in total. The monoisotopic (exact) mass is 458 g/mol. The van der Waals surface area contributed by atoms with Gasteiger partial charge in [-0.1, -0.05) is 12.2 Å². The number of methoxy groups -OCH3 is 1. The molecule has 3 fully saturated rings. The molecule has 1 saturated heterocycles. The summed E-state index contributed by atoms with van der Waals surface area (Å²) in [5.41, 5.74) is 0.568. The molecule has 7 rings (SSSR count). The third-order valence-electron chi connectivity index (χ3n) is 7.88. The van der Waals surface area contributed by atoms with Gasteiger partial charge in [0.25, 0.3) is 0 Å². The number of imide groups is 1. The highest BCUT2D eigenvalue weighted by molar-refractivity contribution is 6.10.